The maximum absolute atomic E-state index is 11.7. The summed E-state index contributed by atoms with van der Waals surface area (Å²) in [6.45, 7) is 0.734. The molecule has 1 amide bonds. The molecule has 0 aliphatic carbocycles. The fourth-order valence-corrected chi connectivity index (χ4v) is 2.88. The molecule has 0 bridgehead atoms. The van der Waals surface area contributed by atoms with E-state index in [4.69, 9.17) is 5.11 Å². The predicted molar refractivity (Wildman–Crippen MR) is 86.3 cm³/mol. The molecule has 0 aliphatic rings. The number of aryl methyl sites for hydroxylation is 1. The lowest BCUT2D eigenvalue weighted by Gasteiger charge is -2.06. The molecule has 0 unspecified atom stereocenters. The summed E-state index contributed by atoms with van der Waals surface area (Å²) in [4.78, 5) is 13.1. The molecule has 0 fully saturated rings. The highest BCUT2D eigenvalue weighted by Crippen LogP contribution is 2.11. The van der Waals surface area contributed by atoms with Crippen molar-refractivity contribution in [1.82, 2.24) is 5.32 Å². The number of nitrogens with one attached hydrogen (secondary N) is 1. The number of thiophene rings is 1. The normalized spacial score (nSPS) is 10.5. The Morgan fingerprint density at radius 3 is 2.52 bits per heavy atom. The van der Waals surface area contributed by atoms with Crippen molar-refractivity contribution < 1.29 is 9.90 Å². The maximum Gasteiger partial charge on any atom is 0.220 e. The Hall–Kier alpha value is -1.65. The lowest BCUT2D eigenvalue weighted by molar-refractivity contribution is -0.121. The van der Waals surface area contributed by atoms with Gasteiger partial charge in [0, 0.05) is 17.8 Å². The Kier molecular flexibility index (Phi) is 6.44. The summed E-state index contributed by atoms with van der Waals surface area (Å²) in [5.41, 5.74) is 2.09. The zero-order valence-corrected chi connectivity index (χ0v) is 12.9. The molecule has 21 heavy (non-hydrogen) atoms. The van der Waals surface area contributed by atoms with Gasteiger partial charge in [0.05, 0.1) is 6.61 Å². The van der Waals surface area contributed by atoms with Crippen molar-refractivity contribution in [1.29, 1.82) is 0 Å². The van der Waals surface area contributed by atoms with Crippen LogP contribution >= 0.6 is 11.3 Å². The fourth-order valence-electron chi connectivity index (χ4n) is 2.12. The number of rotatable bonds is 8. The zero-order chi connectivity index (χ0) is 14.9. The van der Waals surface area contributed by atoms with Crippen LogP contribution in [0.5, 0.6) is 0 Å². The maximum atomic E-state index is 11.7. The van der Waals surface area contributed by atoms with Crippen molar-refractivity contribution in [2.75, 3.05) is 6.54 Å². The molecule has 3 nitrogen and oxygen atoms in total. The van der Waals surface area contributed by atoms with Crippen LogP contribution in [0.15, 0.2) is 41.8 Å². The van der Waals surface area contributed by atoms with Gasteiger partial charge in [0.25, 0.3) is 0 Å². The largest absolute Gasteiger partial charge is 0.392 e. The third-order valence-corrected chi connectivity index (χ3v) is 4.28. The van der Waals surface area contributed by atoms with Crippen LogP contribution in [0, 0.1) is 0 Å². The average molecular weight is 303 g/mol. The summed E-state index contributed by atoms with van der Waals surface area (Å²) in [7, 11) is 0. The van der Waals surface area contributed by atoms with Gasteiger partial charge in [-0.2, -0.15) is 0 Å². The van der Waals surface area contributed by atoms with Crippen LogP contribution in [0.2, 0.25) is 0 Å². The van der Waals surface area contributed by atoms with E-state index in [0.29, 0.717) is 13.0 Å². The SMILES string of the molecule is O=C(CCCc1cccs1)NCCc1ccc(CO)cc1. The van der Waals surface area contributed by atoms with Gasteiger partial charge in [-0.15, -0.1) is 11.3 Å². The quantitative estimate of drug-likeness (QED) is 0.788. The summed E-state index contributed by atoms with van der Waals surface area (Å²) in [5, 5.41) is 14.0. The Morgan fingerprint density at radius 2 is 1.86 bits per heavy atom. The number of aliphatic hydroxyl groups excluding tert-OH is 1. The Morgan fingerprint density at radius 1 is 1.10 bits per heavy atom. The predicted octanol–water partition coefficient (Wildman–Crippen LogP) is 2.92. The van der Waals surface area contributed by atoms with E-state index >= 15 is 0 Å². The molecule has 4 heteroatoms. The van der Waals surface area contributed by atoms with Gasteiger partial charge in [-0.05, 0) is 41.8 Å². The minimum Gasteiger partial charge on any atom is -0.392 e. The third-order valence-electron chi connectivity index (χ3n) is 3.35. The van der Waals surface area contributed by atoms with Gasteiger partial charge < -0.3 is 10.4 Å². The van der Waals surface area contributed by atoms with Crippen LogP contribution in [0.25, 0.3) is 0 Å². The molecule has 0 radical (unpaired) electrons. The molecule has 2 rings (SSSR count). The van der Waals surface area contributed by atoms with E-state index in [1.165, 1.54) is 10.4 Å². The molecule has 0 aliphatic heterocycles. The van der Waals surface area contributed by atoms with Gasteiger partial charge in [0.2, 0.25) is 5.91 Å². The van der Waals surface area contributed by atoms with Crippen molar-refractivity contribution >= 4 is 17.2 Å². The second-order valence-electron chi connectivity index (χ2n) is 5.01. The monoisotopic (exact) mass is 303 g/mol. The van der Waals surface area contributed by atoms with Crippen molar-refractivity contribution in [2.45, 2.75) is 32.3 Å². The van der Waals surface area contributed by atoms with Crippen molar-refractivity contribution in [2.24, 2.45) is 0 Å². The summed E-state index contributed by atoms with van der Waals surface area (Å²) in [6.07, 6.45) is 3.29. The highest BCUT2D eigenvalue weighted by atomic mass is 32.1. The van der Waals surface area contributed by atoms with Gasteiger partial charge in [-0.1, -0.05) is 30.3 Å². The van der Waals surface area contributed by atoms with Crippen molar-refractivity contribution in [3.8, 4) is 0 Å². The molecular formula is C17H21NO2S. The average Bonchev–Trinajstić information content (AvgIpc) is 3.01. The molecular weight excluding hydrogens is 282 g/mol. The lowest BCUT2D eigenvalue weighted by atomic mass is 10.1. The Bertz CT molecular complexity index is 534. The first-order valence-electron chi connectivity index (χ1n) is 7.25. The highest BCUT2D eigenvalue weighted by Gasteiger charge is 2.02. The molecule has 112 valence electrons. The standard InChI is InChI=1S/C17H21NO2S/c19-13-15-8-6-14(7-9-15)10-11-18-17(20)5-1-3-16-4-2-12-21-16/h2,4,6-9,12,19H,1,3,5,10-11,13H2,(H,18,20). The van der Waals surface area contributed by atoms with E-state index in [9.17, 15) is 4.79 Å². The summed E-state index contributed by atoms with van der Waals surface area (Å²) < 4.78 is 0. The first-order chi connectivity index (χ1) is 10.3. The minimum atomic E-state index is 0.0707. The van der Waals surface area contributed by atoms with E-state index < -0.39 is 0 Å². The fraction of sp³-hybridized carbons (Fsp3) is 0.353. The van der Waals surface area contributed by atoms with Gasteiger partial charge in [0.15, 0.2) is 0 Å². The molecule has 1 aromatic heterocycles. The van der Waals surface area contributed by atoms with Crippen molar-refractivity contribution in [3.63, 3.8) is 0 Å². The number of amides is 1. The van der Waals surface area contributed by atoms with Gasteiger partial charge in [-0.3, -0.25) is 4.79 Å². The molecule has 0 saturated heterocycles. The van der Waals surface area contributed by atoms with E-state index in [1.54, 1.807) is 11.3 Å². The van der Waals surface area contributed by atoms with E-state index in [0.717, 1.165) is 24.8 Å². The Balaban J connectivity index is 1.60. The van der Waals surface area contributed by atoms with E-state index in [-0.39, 0.29) is 12.5 Å². The molecule has 0 spiro atoms. The topological polar surface area (TPSA) is 49.3 Å². The van der Waals surface area contributed by atoms with Crippen LogP contribution in [-0.2, 0) is 24.2 Å². The van der Waals surface area contributed by atoms with Gasteiger partial charge in [0.1, 0.15) is 0 Å². The molecule has 2 N–H and O–H groups in total. The van der Waals surface area contributed by atoms with Crippen LogP contribution in [0.4, 0.5) is 0 Å². The van der Waals surface area contributed by atoms with Gasteiger partial charge >= 0.3 is 0 Å². The van der Waals surface area contributed by atoms with Crippen LogP contribution < -0.4 is 5.32 Å². The molecule has 0 saturated carbocycles. The lowest BCUT2D eigenvalue weighted by Crippen LogP contribution is -2.25. The van der Waals surface area contributed by atoms with E-state index in [2.05, 4.69) is 16.8 Å². The number of carbonyl (C=O) groups excluding carboxylic acids is 1. The highest BCUT2D eigenvalue weighted by molar-refractivity contribution is 7.09. The van der Waals surface area contributed by atoms with E-state index in [1.807, 2.05) is 30.3 Å². The van der Waals surface area contributed by atoms with Crippen LogP contribution in [0.1, 0.15) is 28.8 Å². The summed E-state index contributed by atoms with van der Waals surface area (Å²) in [6, 6.07) is 12.0. The number of hydrogen-bond donors (Lipinski definition) is 2. The first kappa shape index (κ1) is 15.7. The molecule has 1 heterocycles. The Labute approximate surface area is 129 Å². The molecule has 0 atom stereocenters. The second kappa shape index (κ2) is 8.60. The minimum absolute atomic E-state index is 0.0707. The number of benzene rings is 1. The number of aliphatic hydroxyl groups is 1. The van der Waals surface area contributed by atoms with Crippen molar-refractivity contribution in [3.05, 3.63) is 57.8 Å². The second-order valence-corrected chi connectivity index (χ2v) is 6.04. The van der Waals surface area contributed by atoms with Crippen LogP contribution in [-0.4, -0.2) is 17.6 Å². The molecule has 2 aromatic rings. The zero-order valence-electron chi connectivity index (χ0n) is 12.0. The number of carbonyl (C=O) groups is 1. The number of hydrogen-bond acceptors (Lipinski definition) is 3. The first-order valence-corrected chi connectivity index (χ1v) is 8.13. The summed E-state index contributed by atoms with van der Waals surface area (Å²) in [5.74, 6) is 0.124. The van der Waals surface area contributed by atoms with Crippen LogP contribution in [0.3, 0.4) is 0 Å². The van der Waals surface area contributed by atoms with Gasteiger partial charge in [-0.25, -0.2) is 0 Å². The molecule has 1 aromatic carbocycles. The summed E-state index contributed by atoms with van der Waals surface area (Å²) >= 11 is 1.74. The smallest absolute Gasteiger partial charge is 0.220 e. The third kappa shape index (κ3) is 5.69.